The Morgan fingerprint density at radius 3 is 2.65 bits per heavy atom. The average Bonchev–Trinajstić information content (AvgIpc) is 2.31. The molecule has 3 heteroatoms. The van der Waals surface area contributed by atoms with Gasteiger partial charge in [0.1, 0.15) is 0 Å². The van der Waals surface area contributed by atoms with Gasteiger partial charge in [0.25, 0.3) is 0 Å². The molecule has 0 heterocycles. The maximum Gasteiger partial charge on any atom is 0.244 e. The third-order valence-electron chi connectivity index (χ3n) is 2.68. The number of allylic oxidation sites excluding steroid dienone is 3. The monoisotopic (exact) mass is 239 g/mol. The number of nitrogens with one attached hydrogen (secondary N) is 1. The van der Waals surface area contributed by atoms with Crippen molar-refractivity contribution >= 4 is 5.91 Å². The number of hydrogen-bond acceptors (Lipinski definition) is 2. The molecule has 0 aromatic heterocycles. The molecule has 0 radical (unpaired) electrons. The summed E-state index contributed by atoms with van der Waals surface area (Å²) < 4.78 is 0. The summed E-state index contributed by atoms with van der Waals surface area (Å²) in [6.07, 6.45) is 9.62. The number of hydrogen-bond donors (Lipinski definition) is 2. The molecule has 0 aliphatic carbocycles. The fourth-order valence-electron chi connectivity index (χ4n) is 1.51. The maximum atomic E-state index is 11.1. The Morgan fingerprint density at radius 2 is 2.06 bits per heavy atom. The molecule has 0 aromatic rings. The van der Waals surface area contributed by atoms with E-state index in [0.29, 0.717) is 12.5 Å². The summed E-state index contributed by atoms with van der Waals surface area (Å²) in [5.74, 6) is 1.11. The standard InChI is InChI=1S/C14H25NO2/c1-4-12(2)11-13(3)7-5-6-8-14(17)15-9-10-16/h5-8,12-13,16H,4,9-11H2,1-3H3,(H,15,17)/b7-5+,8-6+. The van der Waals surface area contributed by atoms with Gasteiger partial charge in [-0.15, -0.1) is 0 Å². The van der Waals surface area contributed by atoms with Gasteiger partial charge in [-0.1, -0.05) is 45.4 Å². The van der Waals surface area contributed by atoms with Gasteiger partial charge in [-0.2, -0.15) is 0 Å². The van der Waals surface area contributed by atoms with Crippen molar-refractivity contribution in [1.29, 1.82) is 0 Å². The summed E-state index contributed by atoms with van der Waals surface area (Å²) in [4.78, 5) is 11.1. The van der Waals surface area contributed by atoms with Crippen LogP contribution in [-0.4, -0.2) is 24.2 Å². The Bertz CT molecular complexity index is 259. The van der Waals surface area contributed by atoms with Gasteiger partial charge in [-0.25, -0.2) is 0 Å². The minimum atomic E-state index is -0.168. The van der Waals surface area contributed by atoms with Gasteiger partial charge in [0.05, 0.1) is 6.61 Å². The Hall–Kier alpha value is -1.09. The SMILES string of the molecule is CCC(C)CC(C)/C=C/C=C/C(=O)NCCO. The van der Waals surface area contributed by atoms with Gasteiger partial charge in [0.15, 0.2) is 0 Å². The van der Waals surface area contributed by atoms with Crippen molar-refractivity contribution in [3.63, 3.8) is 0 Å². The largest absolute Gasteiger partial charge is 0.395 e. The van der Waals surface area contributed by atoms with E-state index in [4.69, 9.17) is 5.11 Å². The lowest BCUT2D eigenvalue weighted by molar-refractivity contribution is -0.116. The third-order valence-corrected chi connectivity index (χ3v) is 2.68. The van der Waals surface area contributed by atoms with Crippen molar-refractivity contribution in [2.24, 2.45) is 11.8 Å². The first-order valence-electron chi connectivity index (χ1n) is 6.33. The molecule has 2 N–H and O–H groups in total. The highest BCUT2D eigenvalue weighted by atomic mass is 16.3. The summed E-state index contributed by atoms with van der Waals surface area (Å²) in [6, 6.07) is 0. The van der Waals surface area contributed by atoms with E-state index in [0.717, 1.165) is 5.92 Å². The number of aliphatic hydroxyl groups is 1. The van der Waals surface area contributed by atoms with Crippen molar-refractivity contribution < 1.29 is 9.90 Å². The van der Waals surface area contributed by atoms with Gasteiger partial charge >= 0.3 is 0 Å². The number of carbonyl (C=O) groups is 1. The molecule has 1 amide bonds. The van der Waals surface area contributed by atoms with Gasteiger partial charge in [0, 0.05) is 12.6 Å². The average molecular weight is 239 g/mol. The van der Waals surface area contributed by atoms with Gasteiger partial charge in [0.2, 0.25) is 5.91 Å². The summed E-state index contributed by atoms with van der Waals surface area (Å²) in [5.41, 5.74) is 0. The zero-order valence-electron chi connectivity index (χ0n) is 11.1. The predicted octanol–water partition coefficient (Wildman–Crippen LogP) is 2.28. The van der Waals surface area contributed by atoms with E-state index in [9.17, 15) is 4.79 Å². The normalized spacial score (nSPS) is 15.3. The fraction of sp³-hybridized carbons (Fsp3) is 0.643. The molecule has 0 aliphatic heterocycles. The van der Waals surface area contributed by atoms with E-state index in [1.165, 1.54) is 18.9 Å². The predicted molar refractivity (Wildman–Crippen MR) is 71.6 cm³/mol. The van der Waals surface area contributed by atoms with Crippen molar-refractivity contribution in [3.05, 3.63) is 24.3 Å². The van der Waals surface area contributed by atoms with E-state index in [2.05, 4.69) is 32.2 Å². The van der Waals surface area contributed by atoms with Crippen molar-refractivity contribution in [2.45, 2.75) is 33.6 Å². The van der Waals surface area contributed by atoms with Crippen molar-refractivity contribution in [1.82, 2.24) is 5.32 Å². The van der Waals surface area contributed by atoms with Crippen LogP contribution in [0.25, 0.3) is 0 Å². The quantitative estimate of drug-likeness (QED) is 0.504. The minimum absolute atomic E-state index is 0.0264. The first-order chi connectivity index (χ1) is 8.10. The molecule has 0 rings (SSSR count). The molecule has 98 valence electrons. The third kappa shape index (κ3) is 9.82. The van der Waals surface area contributed by atoms with Crippen LogP contribution in [0.1, 0.15) is 33.6 Å². The van der Waals surface area contributed by atoms with Crippen LogP contribution in [-0.2, 0) is 4.79 Å². The van der Waals surface area contributed by atoms with Crippen LogP contribution < -0.4 is 5.32 Å². The number of aliphatic hydroxyl groups excluding tert-OH is 1. The molecule has 3 nitrogen and oxygen atoms in total. The first-order valence-corrected chi connectivity index (χ1v) is 6.33. The Morgan fingerprint density at radius 1 is 1.35 bits per heavy atom. The molecule has 0 aliphatic rings. The highest BCUT2D eigenvalue weighted by Gasteiger charge is 2.02. The second kappa shape index (κ2) is 10.1. The molecular weight excluding hydrogens is 214 g/mol. The number of rotatable bonds is 8. The van der Waals surface area contributed by atoms with Gasteiger partial charge < -0.3 is 10.4 Å². The summed E-state index contributed by atoms with van der Waals surface area (Å²) in [6.45, 7) is 6.91. The topological polar surface area (TPSA) is 49.3 Å². The zero-order chi connectivity index (χ0) is 13.1. The molecule has 0 bridgehead atoms. The van der Waals surface area contributed by atoms with E-state index in [1.807, 2.05) is 6.08 Å². The fourth-order valence-corrected chi connectivity index (χ4v) is 1.51. The smallest absolute Gasteiger partial charge is 0.244 e. The van der Waals surface area contributed by atoms with Crippen molar-refractivity contribution in [2.75, 3.05) is 13.2 Å². The van der Waals surface area contributed by atoms with Gasteiger partial charge in [-0.05, 0) is 18.3 Å². The minimum Gasteiger partial charge on any atom is -0.395 e. The van der Waals surface area contributed by atoms with E-state index in [1.54, 1.807) is 6.08 Å². The highest BCUT2D eigenvalue weighted by Crippen LogP contribution is 2.15. The van der Waals surface area contributed by atoms with Crippen LogP contribution >= 0.6 is 0 Å². The first kappa shape index (κ1) is 15.9. The molecule has 2 atom stereocenters. The Labute approximate surface area is 105 Å². The molecule has 0 saturated carbocycles. The number of carbonyl (C=O) groups excluding carboxylic acids is 1. The van der Waals surface area contributed by atoms with E-state index in [-0.39, 0.29) is 12.5 Å². The molecule has 2 unspecified atom stereocenters. The second-order valence-electron chi connectivity index (χ2n) is 4.49. The van der Waals surface area contributed by atoms with E-state index < -0.39 is 0 Å². The van der Waals surface area contributed by atoms with Crippen LogP contribution in [0.2, 0.25) is 0 Å². The summed E-state index contributed by atoms with van der Waals surface area (Å²) >= 11 is 0. The van der Waals surface area contributed by atoms with Crippen LogP contribution in [0.4, 0.5) is 0 Å². The molecule has 17 heavy (non-hydrogen) atoms. The lowest BCUT2D eigenvalue weighted by Gasteiger charge is -2.11. The molecule has 0 aromatic carbocycles. The lowest BCUT2D eigenvalue weighted by Crippen LogP contribution is -2.24. The molecule has 0 fully saturated rings. The molecule has 0 spiro atoms. The van der Waals surface area contributed by atoms with Crippen LogP contribution in [0.3, 0.4) is 0 Å². The van der Waals surface area contributed by atoms with Crippen LogP contribution in [0, 0.1) is 11.8 Å². The van der Waals surface area contributed by atoms with Crippen LogP contribution in [0.5, 0.6) is 0 Å². The summed E-state index contributed by atoms with van der Waals surface area (Å²) in [5, 5.41) is 11.1. The summed E-state index contributed by atoms with van der Waals surface area (Å²) in [7, 11) is 0. The van der Waals surface area contributed by atoms with Crippen molar-refractivity contribution in [3.8, 4) is 0 Å². The molecular formula is C14H25NO2. The lowest BCUT2D eigenvalue weighted by atomic mass is 9.95. The highest BCUT2D eigenvalue weighted by molar-refractivity contribution is 5.87. The second-order valence-corrected chi connectivity index (χ2v) is 4.49. The molecule has 0 saturated heterocycles. The van der Waals surface area contributed by atoms with Crippen LogP contribution in [0.15, 0.2) is 24.3 Å². The van der Waals surface area contributed by atoms with E-state index >= 15 is 0 Å². The zero-order valence-corrected chi connectivity index (χ0v) is 11.1. The number of amides is 1. The Balaban J connectivity index is 3.84. The maximum absolute atomic E-state index is 11.1. The Kier molecular flexibility index (Phi) is 9.44. The van der Waals surface area contributed by atoms with Gasteiger partial charge in [-0.3, -0.25) is 4.79 Å².